The van der Waals surface area contributed by atoms with Gasteiger partial charge in [0.1, 0.15) is 6.61 Å². The molecule has 0 aliphatic carbocycles. The molecule has 0 spiro atoms. The van der Waals surface area contributed by atoms with Gasteiger partial charge in [-0.3, -0.25) is 4.79 Å². The van der Waals surface area contributed by atoms with E-state index in [4.69, 9.17) is 9.57 Å². The molecule has 1 atom stereocenters. The van der Waals surface area contributed by atoms with E-state index in [0.29, 0.717) is 6.54 Å². The fourth-order valence-corrected chi connectivity index (χ4v) is 1.67. The molecule has 1 fully saturated rings. The number of carbonyl (C=O) groups excluding carboxylic acids is 1. The third-order valence-corrected chi connectivity index (χ3v) is 2.44. The number of hydrogen-bond donors (Lipinski definition) is 0. The lowest BCUT2D eigenvalue weighted by Gasteiger charge is -2.38. The molecule has 0 aromatic heterocycles. The molecule has 0 unspecified atom stereocenters. The van der Waals surface area contributed by atoms with Crippen LogP contribution in [0.25, 0.3) is 0 Å². The molecule has 0 saturated carbocycles. The molecule has 82 valence electrons. The van der Waals surface area contributed by atoms with E-state index < -0.39 is 0 Å². The molecule has 1 rings (SSSR count). The number of rotatable bonds is 3. The summed E-state index contributed by atoms with van der Waals surface area (Å²) in [6, 6.07) is 0.186. The quantitative estimate of drug-likeness (QED) is 0.631. The van der Waals surface area contributed by atoms with Crippen molar-refractivity contribution in [1.29, 1.82) is 0 Å². The first-order chi connectivity index (χ1) is 6.69. The number of nitrogens with zero attached hydrogens (tertiary/aromatic N) is 2. The standard InChI is InChI=1S/C9H18N2O3/c1-8-6-10(14-3)4-5-11(8)9(12)7-13-2/h8H,4-7H2,1-3H3/t8-/m0/s1. The maximum atomic E-state index is 11.5. The highest BCUT2D eigenvalue weighted by molar-refractivity contribution is 5.77. The van der Waals surface area contributed by atoms with Crippen molar-refractivity contribution >= 4 is 5.91 Å². The van der Waals surface area contributed by atoms with Crippen molar-refractivity contribution in [2.24, 2.45) is 0 Å². The van der Waals surface area contributed by atoms with Crippen LogP contribution in [-0.4, -0.2) is 62.4 Å². The average Bonchev–Trinajstić information content (AvgIpc) is 2.17. The number of hydroxylamine groups is 2. The summed E-state index contributed by atoms with van der Waals surface area (Å²) in [4.78, 5) is 18.5. The van der Waals surface area contributed by atoms with Crippen LogP contribution in [-0.2, 0) is 14.4 Å². The van der Waals surface area contributed by atoms with Crippen LogP contribution in [0.4, 0.5) is 0 Å². The summed E-state index contributed by atoms with van der Waals surface area (Å²) in [5.41, 5.74) is 0. The molecule has 1 aliphatic heterocycles. The Bertz CT molecular complexity index is 198. The van der Waals surface area contributed by atoms with Crippen molar-refractivity contribution in [2.75, 3.05) is 40.5 Å². The third-order valence-electron chi connectivity index (χ3n) is 2.44. The zero-order chi connectivity index (χ0) is 10.6. The molecule has 1 saturated heterocycles. The fraction of sp³-hybridized carbons (Fsp3) is 0.889. The Hall–Kier alpha value is -0.650. The number of carbonyl (C=O) groups is 1. The van der Waals surface area contributed by atoms with Crippen LogP contribution in [0.15, 0.2) is 0 Å². The summed E-state index contributed by atoms with van der Waals surface area (Å²) in [7, 11) is 3.19. The van der Waals surface area contributed by atoms with Crippen molar-refractivity contribution in [1.82, 2.24) is 9.96 Å². The Balaban J connectivity index is 2.45. The zero-order valence-corrected chi connectivity index (χ0v) is 9.02. The Kier molecular flexibility index (Phi) is 4.31. The van der Waals surface area contributed by atoms with Crippen molar-refractivity contribution in [2.45, 2.75) is 13.0 Å². The lowest BCUT2D eigenvalue weighted by atomic mass is 10.2. The van der Waals surface area contributed by atoms with Gasteiger partial charge in [-0.2, -0.15) is 5.06 Å². The van der Waals surface area contributed by atoms with E-state index in [1.165, 1.54) is 7.11 Å². The number of methoxy groups -OCH3 is 1. The first kappa shape index (κ1) is 11.4. The van der Waals surface area contributed by atoms with Crippen LogP contribution in [0.3, 0.4) is 0 Å². The summed E-state index contributed by atoms with van der Waals surface area (Å²) < 4.78 is 4.82. The molecule has 0 aromatic carbocycles. The minimum absolute atomic E-state index is 0.0516. The van der Waals surface area contributed by atoms with Gasteiger partial charge >= 0.3 is 0 Å². The van der Waals surface area contributed by atoms with Gasteiger partial charge in [0.25, 0.3) is 0 Å². The highest BCUT2D eigenvalue weighted by atomic mass is 16.7. The van der Waals surface area contributed by atoms with Crippen LogP contribution < -0.4 is 0 Å². The van der Waals surface area contributed by atoms with Gasteiger partial charge in [0.2, 0.25) is 5.91 Å². The number of amides is 1. The van der Waals surface area contributed by atoms with Crippen LogP contribution in [0.2, 0.25) is 0 Å². The summed E-state index contributed by atoms with van der Waals surface area (Å²) >= 11 is 0. The summed E-state index contributed by atoms with van der Waals surface area (Å²) in [5, 5.41) is 1.86. The van der Waals surface area contributed by atoms with E-state index in [9.17, 15) is 4.79 Å². The monoisotopic (exact) mass is 202 g/mol. The van der Waals surface area contributed by atoms with Crippen molar-refractivity contribution in [3.05, 3.63) is 0 Å². The Labute approximate surface area is 84.5 Å². The molecule has 0 bridgehead atoms. The second-order valence-electron chi connectivity index (χ2n) is 3.44. The Morgan fingerprint density at radius 2 is 2.14 bits per heavy atom. The first-order valence-electron chi connectivity index (χ1n) is 4.76. The Morgan fingerprint density at radius 1 is 1.43 bits per heavy atom. The summed E-state index contributed by atoms with van der Waals surface area (Å²) in [6.07, 6.45) is 0. The first-order valence-corrected chi connectivity index (χ1v) is 4.76. The maximum absolute atomic E-state index is 11.5. The second-order valence-corrected chi connectivity index (χ2v) is 3.44. The lowest BCUT2D eigenvalue weighted by Crippen LogP contribution is -2.54. The summed E-state index contributed by atoms with van der Waals surface area (Å²) in [5.74, 6) is 0.0516. The second kappa shape index (κ2) is 5.29. The van der Waals surface area contributed by atoms with Crippen LogP contribution in [0.1, 0.15) is 6.92 Å². The van der Waals surface area contributed by atoms with Gasteiger partial charge < -0.3 is 14.5 Å². The van der Waals surface area contributed by atoms with Gasteiger partial charge in [-0.25, -0.2) is 0 Å². The van der Waals surface area contributed by atoms with Gasteiger partial charge in [-0.05, 0) is 6.92 Å². The largest absolute Gasteiger partial charge is 0.375 e. The predicted molar refractivity (Wildman–Crippen MR) is 51.6 cm³/mol. The zero-order valence-electron chi connectivity index (χ0n) is 9.02. The maximum Gasteiger partial charge on any atom is 0.248 e. The van der Waals surface area contributed by atoms with Crippen LogP contribution in [0.5, 0.6) is 0 Å². The molecule has 0 aromatic rings. The normalized spacial score (nSPS) is 23.9. The SMILES string of the molecule is COCC(=O)N1CCN(OC)C[C@@H]1C. The molecule has 1 heterocycles. The Morgan fingerprint density at radius 3 is 2.64 bits per heavy atom. The van der Waals surface area contributed by atoms with Gasteiger partial charge in [0, 0.05) is 32.8 Å². The third kappa shape index (κ3) is 2.67. The highest BCUT2D eigenvalue weighted by Crippen LogP contribution is 2.09. The molecular weight excluding hydrogens is 184 g/mol. The van der Waals surface area contributed by atoms with E-state index in [2.05, 4.69) is 0 Å². The van der Waals surface area contributed by atoms with Gasteiger partial charge in [0.15, 0.2) is 0 Å². The minimum atomic E-state index is 0.0516. The topological polar surface area (TPSA) is 42.0 Å². The molecule has 0 radical (unpaired) electrons. The van der Waals surface area contributed by atoms with Crippen LogP contribution >= 0.6 is 0 Å². The molecular formula is C9H18N2O3. The molecule has 14 heavy (non-hydrogen) atoms. The van der Waals surface area contributed by atoms with Gasteiger partial charge in [-0.1, -0.05) is 0 Å². The van der Waals surface area contributed by atoms with E-state index in [0.717, 1.165) is 13.1 Å². The van der Waals surface area contributed by atoms with E-state index in [1.54, 1.807) is 7.11 Å². The van der Waals surface area contributed by atoms with E-state index in [-0.39, 0.29) is 18.6 Å². The van der Waals surface area contributed by atoms with Gasteiger partial charge in [0.05, 0.1) is 7.11 Å². The van der Waals surface area contributed by atoms with E-state index in [1.807, 2.05) is 16.9 Å². The minimum Gasteiger partial charge on any atom is -0.375 e. The highest BCUT2D eigenvalue weighted by Gasteiger charge is 2.26. The molecule has 0 N–H and O–H groups in total. The fourth-order valence-electron chi connectivity index (χ4n) is 1.67. The molecule has 5 heteroatoms. The summed E-state index contributed by atoms with van der Waals surface area (Å²) in [6.45, 7) is 4.40. The molecule has 1 aliphatic rings. The molecule has 1 amide bonds. The van der Waals surface area contributed by atoms with Gasteiger partial charge in [-0.15, -0.1) is 0 Å². The average molecular weight is 202 g/mol. The lowest BCUT2D eigenvalue weighted by molar-refractivity contribution is -0.172. The number of hydrogen-bond acceptors (Lipinski definition) is 4. The predicted octanol–water partition coefficient (Wildman–Crippen LogP) is -0.273. The van der Waals surface area contributed by atoms with E-state index >= 15 is 0 Å². The smallest absolute Gasteiger partial charge is 0.248 e. The number of piperazine rings is 1. The number of ether oxygens (including phenoxy) is 1. The molecule has 5 nitrogen and oxygen atoms in total. The van der Waals surface area contributed by atoms with Crippen molar-refractivity contribution in [3.63, 3.8) is 0 Å². The van der Waals surface area contributed by atoms with Crippen molar-refractivity contribution in [3.8, 4) is 0 Å². The van der Waals surface area contributed by atoms with Crippen molar-refractivity contribution < 1.29 is 14.4 Å². The van der Waals surface area contributed by atoms with Crippen LogP contribution in [0, 0.1) is 0 Å².